The van der Waals surface area contributed by atoms with Gasteiger partial charge in [-0.25, -0.2) is 0 Å². The van der Waals surface area contributed by atoms with Gasteiger partial charge in [0.1, 0.15) is 19.0 Å². The Morgan fingerprint density at radius 3 is 2.49 bits per heavy atom. The molecule has 0 radical (unpaired) electrons. The predicted molar refractivity (Wildman–Crippen MR) is 164 cm³/mol. The van der Waals surface area contributed by atoms with Crippen LogP contribution >= 0.6 is 22.6 Å². The van der Waals surface area contributed by atoms with Crippen molar-refractivity contribution in [3.63, 3.8) is 0 Å². The van der Waals surface area contributed by atoms with Crippen LogP contribution < -0.4 is 0 Å². The first-order valence-electron chi connectivity index (χ1n) is 13.2. The summed E-state index contributed by atoms with van der Waals surface area (Å²) >= 11 is 2.20. The molecule has 6 atom stereocenters. The number of ether oxygens (including phenoxy) is 3. The van der Waals surface area contributed by atoms with Crippen molar-refractivity contribution in [2.45, 2.75) is 105 Å². The summed E-state index contributed by atoms with van der Waals surface area (Å²) < 4.78 is 26.3. The van der Waals surface area contributed by atoms with Crippen LogP contribution in [0.25, 0.3) is 0 Å². The maximum Gasteiger partial charge on any atom is 0.306 e. The molecule has 0 spiro atoms. The molecule has 0 saturated heterocycles. The third-order valence-corrected chi connectivity index (χ3v) is 13.1. The molecule has 0 unspecified atom stereocenters. The lowest BCUT2D eigenvalue weighted by molar-refractivity contribution is -0.148. The van der Waals surface area contributed by atoms with Gasteiger partial charge in [-0.2, -0.15) is 0 Å². The number of esters is 1. The van der Waals surface area contributed by atoms with E-state index in [0.717, 1.165) is 5.57 Å². The summed E-state index contributed by atoms with van der Waals surface area (Å²) in [4.78, 5) is 12.7. The molecule has 37 heavy (non-hydrogen) atoms. The van der Waals surface area contributed by atoms with Crippen LogP contribution in [0.4, 0.5) is 0 Å². The van der Waals surface area contributed by atoms with Crippen molar-refractivity contribution in [2.75, 3.05) is 13.9 Å². The molecule has 1 aliphatic rings. The van der Waals surface area contributed by atoms with Gasteiger partial charge >= 0.3 is 5.97 Å². The molecule has 1 heterocycles. The van der Waals surface area contributed by atoms with Gasteiger partial charge in [0.05, 0.1) is 6.10 Å². The monoisotopic (exact) mass is 644 g/mol. The van der Waals surface area contributed by atoms with Gasteiger partial charge in [-0.1, -0.05) is 93.7 Å². The van der Waals surface area contributed by atoms with E-state index in [1.54, 1.807) is 7.11 Å². The van der Waals surface area contributed by atoms with Gasteiger partial charge in [0.15, 0.2) is 8.32 Å². The van der Waals surface area contributed by atoms with E-state index >= 15 is 0 Å². The maximum atomic E-state index is 12.7. The van der Waals surface area contributed by atoms with Crippen molar-refractivity contribution >= 4 is 36.9 Å². The highest BCUT2D eigenvalue weighted by atomic mass is 127. The number of halogens is 1. The Hall–Kier alpha value is -0.923. The number of carbonyl (C=O) groups excluding carboxylic acids is 1. The Bertz CT molecular complexity index is 890. The zero-order valence-corrected chi connectivity index (χ0v) is 28.0. The first-order chi connectivity index (χ1) is 17.2. The van der Waals surface area contributed by atoms with Gasteiger partial charge in [-0.05, 0) is 54.1 Å². The van der Waals surface area contributed by atoms with Crippen molar-refractivity contribution in [3.05, 3.63) is 33.5 Å². The van der Waals surface area contributed by atoms with Gasteiger partial charge in [0.2, 0.25) is 0 Å². The number of carbonyl (C=O) groups is 1. The van der Waals surface area contributed by atoms with E-state index in [-0.39, 0.29) is 53.9 Å². The molecule has 0 fully saturated rings. The molecule has 0 aliphatic carbocycles. The second-order valence-electron chi connectivity index (χ2n) is 11.7. The highest BCUT2D eigenvalue weighted by molar-refractivity contribution is 14.1. The third-order valence-electron chi connectivity index (χ3n) is 7.69. The molecule has 0 N–H and O–H groups in total. The van der Waals surface area contributed by atoms with Crippen LogP contribution in [0.5, 0.6) is 0 Å². The molecule has 7 heteroatoms. The number of hydrogen-bond acceptors (Lipinski definition) is 5. The quantitative estimate of drug-likeness (QED) is 0.0737. The van der Waals surface area contributed by atoms with Gasteiger partial charge in [-0.15, -0.1) is 0 Å². The molecule has 0 aromatic rings. The van der Waals surface area contributed by atoms with Crippen LogP contribution in [0.3, 0.4) is 0 Å². The lowest BCUT2D eigenvalue weighted by atomic mass is 9.85. The minimum absolute atomic E-state index is 0.00392. The molecule has 0 saturated carbocycles. The van der Waals surface area contributed by atoms with Crippen LogP contribution in [0.15, 0.2) is 33.5 Å². The van der Waals surface area contributed by atoms with E-state index in [1.165, 1.54) is 5.57 Å². The lowest BCUT2D eigenvalue weighted by Gasteiger charge is -2.41. The molecule has 0 bridgehead atoms. The Balaban J connectivity index is 3.57. The van der Waals surface area contributed by atoms with Gasteiger partial charge in [0, 0.05) is 31.3 Å². The smallest absolute Gasteiger partial charge is 0.306 e. The van der Waals surface area contributed by atoms with Crippen molar-refractivity contribution < 1.29 is 23.4 Å². The molecule has 1 aliphatic heterocycles. The Kier molecular flexibility index (Phi) is 14.4. The summed E-state index contributed by atoms with van der Waals surface area (Å²) in [6.07, 6.45) is 6.19. The van der Waals surface area contributed by atoms with E-state index in [0.29, 0.717) is 12.8 Å². The first-order valence-corrected chi connectivity index (χ1v) is 17.4. The van der Waals surface area contributed by atoms with E-state index in [1.807, 2.05) is 23.2 Å². The predicted octanol–water partition coefficient (Wildman–Crippen LogP) is 7.82. The fourth-order valence-electron chi connectivity index (χ4n) is 4.00. The maximum absolute atomic E-state index is 12.7. The fraction of sp³-hybridized carbons (Fsp3) is 0.700. The number of hydrogen-bond donors (Lipinski definition) is 0. The average Bonchev–Trinajstić information content (AvgIpc) is 2.82. The van der Waals surface area contributed by atoms with E-state index in [4.69, 9.17) is 18.6 Å². The highest BCUT2D eigenvalue weighted by Gasteiger charge is 2.42. The largest absolute Gasteiger partial charge is 0.457 e. The number of rotatable bonds is 6. The Morgan fingerprint density at radius 1 is 1.27 bits per heavy atom. The summed E-state index contributed by atoms with van der Waals surface area (Å²) in [5.41, 5.74) is 2.19. The average molecular weight is 645 g/mol. The summed E-state index contributed by atoms with van der Waals surface area (Å²) in [7, 11) is -0.467. The highest BCUT2D eigenvalue weighted by Crippen LogP contribution is 2.39. The second-order valence-corrected chi connectivity index (χ2v) is 17.1. The van der Waals surface area contributed by atoms with E-state index in [2.05, 4.69) is 102 Å². The number of allylic oxidation sites excluding steroid dienone is 2. The molecule has 0 aromatic heterocycles. The third kappa shape index (κ3) is 10.6. The van der Waals surface area contributed by atoms with Crippen molar-refractivity contribution in [2.24, 2.45) is 17.8 Å². The Labute approximate surface area is 241 Å². The van der Waals surface area contributed by atoms with Crippen LogP contribution in [-0.2, 0) is 23.4 Å². The molecule has 1 rings (SSSR count). The molecular weight excluding hydrogens is 595 g/mol. The number of cyclic esters (lactones) is 1. The number of methoxy groups -OCH3 is 1. The Morgan fingerprint density at radius 2 is 1.92 bits per heavy atom. The summed E-state index contributed by atoms with van der Waals surface area (Å²) in [5.74, 6) is 6.55. The topological polar surface area (TPSA) is 54.0 Å². The van der Waals surface area contributed by atoms with Crippen LogP contribution in [0.2, 0.25) is 18.1 Å². The molecule has 0 amide bonds. The van der Waals surface area contributed by atoms with Crippen LogP contribution in [0, 0.1) is 29.6 Å². The lowest BCUT2D eigenvalue weighted by Crippen LogP contribution is -2.48. The zero-order chi connectivity index (χ0) is 28.4. The normalized spacial score (nSPS) is 31.5. The summed E-state index contributed by atoms with van der Waals surface area (Å²) in [6, 6.07) is 0. The van der Waals surface area contributed by atoms with Crippen molar-refractivity contribution in [3.8, 4) is 11.8 Å². The van der Waals surface area contributed by atoms with Crippen LogP contribution in [0.1, 0.15) is 68.2 Å². The molecule has 0 aromatic carbocycles. The van der Waals surface area contributed by atoms with Gasteiger partial charge < -0.3 is 18.6 Å². The minimum atomic E-state index is -2.10. The van der Waals surface area contributed by atoms with Crippen molar-refractivity contribution in [1.29, 1.82) is 0 Å². The summed E-state index contributed by atoms with van der Waals surface area (Å²) in [5, 5.41) is 0.0543. The fourth-order valence-corrected chi connectivity index (χ4v) is 5.62. The zero-order valence-electron chi connectivity index (χ0n) is 24.8. The van der Waals surface area contributed by atoms with E-state index < -0.39 is 8.32 Å². The standard InChI is InChI=1S/C30H49IO5Si/c1-21-16-14-18-27(32)35-28(23(3)19-31)22(2)15-12-13-17-26(36-37(10,11)30(6,7)8)25(5)29(24(21)4)34-20-33-9/h12,15-16,19,22,24-26,28-29H,14,18,20H2,1-11H3/b15-12-,21-16+,23-19+/t22-,24+,25+,26-,28-,29-/m0/s1. The molecule has 5 nitrogen and oxygen atoms in total. The van der Waals surface area contributed by atoms with Crippen LogP contribution in [-0.4, -0.2) is 46.5 Å². The molecular formula is C30H49IO5Si. The summed E-state index contributed by atoms with van der Waals surface area (Å²) in [6.45, 7) is 21.9. The SMILES string of the molecule is COCO[C@@H]1[C@H](C)[C@@H](O[Si](C)(C)C(C)(C)C)C#C/C=C\[C@H](C)[C@@H](/C(C)=C/I)OC(=O)CC/C=C(\C)[C@H]1C. The molecule has 210 valence electrons. The van der Waals surface area contributed by atoms with E-state index in [9.17, 15) is 4.79 Å². The second kappa shape index (κ2) is 15.6. The minimum Gasteiger partial charge on any atom is -0.457 e. The van der Waals surface area contributed by atoms with Crippen molar-refractivity contribution in [1.82, 2.24) is 0 Å². The van der Waals surface area contributed by atoms with Gasteiger partial charge in [-0.3, -0.25) is 4.79 Å². The first kappa shape index (κ1) is 34.1. The van der Waals surface area contributed by atoms with Gasteiger partial charge in [0.25, 0.3) is 0 Å².